The molecular weight excluding hydrogens is 316 g/mol. The van der Waals surface area contributed by atoms with Gasteiger partial charge in [0.25, 0.3) is 0 Å². The van der Waals surface area contributed by atoms with Crippen molar-refractivity contribution in [1.82, 2.24) is 20.4 Å². The molecule has 1 aromatic carbocycles. The average molecular weight is 340 g/mol. The van der Waals surface area contributed by atoms with Gasteiger partial charge in [-0.3, -0.25) is 14.8 Å². The Balaban J connectivity index is 1.56. The minimum atomic E-state index is 0.137. The molecule has 2 atom stereocenters. The highest BCUT2D eigenvalue weighted by molar-refractivity contribution is 5.79. The number of ether oxygens (including phenoxy) is 1. The predicted octanol–water partition coefficient (Wildman–Crippen LogP) is 2.33. The molecular formula is C19H24N4O2. The van der Waals surface area contributed by atoms with Crippen molar-refractivity contribution in [3.63, 3.8) is 0 Å². The van der Waals surface area contributed by atoms with Crippen LogP contribution < -0.4 is 10.1 Å². The van der Waals surface area contributed by atoms with Crippen LogP contribution in [-0.4, -0.2) is 46.7 Å². The van der Waals surface area contributed by atoms with Crippen molar-refractivity contribution in [2.24, 2.45) is 0 Å². The number of rotatable bonds is 4. The molecule has 0 spiro atoms. The Labute approximate surface area is 147 Å². The van der Waals surface area contributed by atoms with E-state index in [1.807, 2.05) is 30.5 Å². The van der Waals surface area contributed by atoms with Crippen LogP contribution in [-0.2, 0) is 11.3 Å². The minimum absolute atomic E-state index is 0.137. The number of aromatic nitrogens is 2. The quantitative estimate of drug-likeness (QED) is 0.896. The van der Waals surface area contributed by atoms with Crippen molar-refractivity contribution in [3.05, 3.63) is 36.0 Å². The zero-order valence-electron chi connectivity index (χ0n) is 14.5. The summed E-state index contributed by atoms with van der Waals surface area (Å²) < 4.78 is 5.23. The zero-order valence-corrected chi connectivity index (χ0v) is 14.5. The van der Waals surface area contributed by atoms with E-state index in [9.17, 15) is 4.79 Å². The molecule has 6 heteroatoms. The first-order chi connectivity index (χ1) is 12.2. The number of aromatic amines is 1. The number of benzene rings is 1. The lowest BCUT2D eigenvalue weighted by Gasteiger charge is -2.44. The smallest absolute Gasteiger partial charge is 0.234 e. The lowest BCUT2D eigenvalue weighted by atomic mass is 9.87. The largest absolute Gasteiger partial charge is 0.497 e. The molecule has 2 heterocycles. The summed E-state index contributed by atoms with van der Waals surface area (Å²) in [5.74, 6) is 0.972. The van der Waals surface area contributed by atoms with Crippen molar-refractivity contribution in [2.45, 2.75) is 44.3 Å². The van der Waals surface area contributed by atoms with Gasteiger partial charge >= 0.3 is 0 Å². The number of carbonyl (C=O) groups is 1. The maximum absolute atomic E-state index is 12.1. The third-order valence-electron chi connectivity index (χ3n) is 5.36. The number of H-pyrrole nitrogens is 1. The van der Waals surface area contributed by atoms with E-state index >= 15 is 0 Å². The van der Waals surface area contributed by atoms with Crippen LogP contribution in [0.5, 0.6) is 5.75 Å². The first-order valence-electron chi connectivity index (χ1n) is 8.94. The Kier molecular flexibility index (Phi) is 4.44. The Morgan fingerprint density at radius 3 is 2.84 bits per heavy atom. The second kappa shape index (κ2) is 6.88. The highest BCUT2D eigenvalue weighted by Crippen LogP contribution is 2.29. The number of carbonyl (C=O) groups excluding carboxylic acids is 1. The summed E-state index contributed by atoms with van der Waals surface area (Å²) in [5.41, 5.74) is 3.22. The van der Waals surface area contributed by atoms with E-state index < -0.39 is 0 Å². The standard InChI is InChI=1S/C19H24N4O2/c1-25-15-8-6-13(7-9-15)19-14(10-20-22-19)11-23-12-18(24)21-16-4-2-3-5-17(16)23/h6-10,16-17H,2-5,11-12H2,1H3,(H,20,22)(H,21,24)/t16-,17+/m0/s1. The van der Waals surface area contributed by atoms with Gasteiger partial charge in [0.2, 0.25) is 5.91 Å². The summed E-state index contributed by atoms with van der Waals surface area (Å²) in [6.07, 6.45) is 6.57. The molecule has 0 unspecified atom stereocenters. The molecule has 1 aliphatic heterocycles. The normalized spacial score (nSPS) is 23.8. The molecule has 1 saturated heterocycles. The molecule has 1 aliphatic carbocycles. The third-order valence-corrected chi connectivity index (χ3v) is 5.36. The van der Waals surface area contributed by atoms with Gasteiger partial charge in [-0.15, -0.1) is 0 Å². The van der Waals surface area contributed by atoms with Gasteiger partial charge in [-0.2, -0.15) is 5.10 Å². The van der Waals surface area contributed by atoms with Gasteiger partial charge in [-0.25, -0.2) is 0 Å². The second-order valence-corrected chi connectivity index (χ2v) is 6.93. The number of methoxy groups -OCH3 is 1. The summed E-state index contributed by atoms with van der Waals surface area (Å²) >= 11 is 0. The van der Waals surface area contributed by atoms with E-state index in [0.29, 0.717) is 18.6 Å². The molecule has 1 saturated carbocycles. The van der Waals surface area contributed by atoms with Gasteiger partial charge in [-0.05, 0) is 37.1 Å². The monoisotopic (exact) mass is 340 g/mol. The van der Waals surface area contributed by atoms with E-state index in [1.54, 1.807) is 7.11 Å². The summed E-state index contributed by atoms with van der Waals surface area (Å²) in [6.45, 7) is 1.21. The third kappa shape index (κ3) is 3.26. The summed E-state index contributed by atoms with van der Waals surface area (Å²) in [6, 6.07) is 8.69. The number of hydrogen-bond donors (Lipinski definition) is 2. The van der Waals surface area contributed by atoms with Crippen LogP contribution in [0.25, 0.3) is 11.3 Å². The maximum Gasteiger partial charge on any atom is 0.234 e. The van der Waals surface area contributed by atoms with Crippen LogP contribution in [0.4, 0.5) is 0 Å². The molecule has 4 rings (SSSR count). The molecule has 2 fully saturated rings. The fourth-order valence-electron chi connectivity index (χ4n) is 4.10. The molecule has 2 aliphatic rings. The van der Waals surface area contributed by atoms with Crippen LogP contribution in [0, 0.1) is 0 Å². The molecule has 1 amide bonds. The molecule has 0 radical (unpaired) electrons. The maximum atomic E-state index is 12.1. The fourth-order valence-corrected chi connectivity index (χ4v) is 4.10. The van der Waals surface area contributed by atoms with E-state index in [4.69, 9.17) is 4.74 Å². The molecule has 6 nitrogen and oxygen atoms in total. The number of piperazine rings is 1. The fraction of sp³-hybridized carbons (Fsp3) is 0.474. The van der Waals surface area contributed by atoms with Crippen molar-refractivity contribution in [1.29, 1.82) is 0 Å². The zero-order chi connectivity index (χ0) is 17.2. The van der Waals surface area contributed by atoms with Gasteiger partial charge in [0.05, 0.1) is 25.5 Å². The second-order valence-electron chi connectivity index (χ2n) is 6.93. The highest BCUT2D eigenvalue weighted by Gasteiger charge is 2.36. The lowest BCUT2D eigenvalue weighted by molar-refractivity contribution is -0.128. The van der Waals surface area contributed by atoms with Crippen molar-refractivity contribution in [2.75, 3.05) is 13.7 Å². The van der Waals surface area contributed by atoms with Crippen LogP contribution in [0.15, 0.2) is 30.5 Å². The number of amides is 1. The first-order valence-corrected chi connectivity index (χ1v) is 8.94. The van der Waals surface area contributed by atoms with Gasteiger partial charge < -0.3 is 10.1 Å². The topological polar surface area (TPSA) is 70.2 Å². The summed E-state index contributed by atoms with van der Waals surface area (Å²) in [4.78, 5) is 14.4. The van der Waals surface area contributed by atoms with Crippen molar-refractivity contribution >= 4 is 5.91 Å². The summed E-state index contributed by atoms with van der Waals surface area (Å²) in [7, 11) is 1.67. The average Bonchev–Trinajstić information content (AvgIpc) is 3.10. The van der Waals surface area contributed by atoms with Crippen LogP contribution >= 0.6 is 0 Å². The number of fused-ring (bicyclic) bond motifs is 1. The number of hydrogen-bond acceptors (Lipinski definition) is 4. The highest BCUT2D eigenvalue weighted by atomic mass is 16.5. The first kappa shape index (κ1) is 16.1. The van der Waals surface area contributed by atoms with E-state index in [2.05, 4.69) is 20.4 Å². The molecule has 25 heavy (non-hydrogen) atoms. The van der Waals surface area contributed by atoms with E-state index in [1.165, 1.54) is 12.8 Å². The van der Waals surface area contributed by atoms with Crippen LogP contribution in [0.1, 0.15) is 31.2 Å². The summed E-state index contributed by atoms with van der Waals surface area (Å²) in [5, 5.41) is 10.5. The van der Waals surface area contributed by atoms with Gasteiger partial charge in [0, 0.05) is 29.8 Å². The van der Waals surface area contributed by atoms with Crippen LogP contribution in [0.2, 0.25) is 0 Å². The van der Waals surface area contributed by atoms with E-state index in [0.717, 1.165) is 42.0 Å². The van der Waals surface area contributed by atoms with Crippen molar-refractivity contribution in [3.8, 4) is 17.0 Å². The predicted molar refractivity (Wildman–Crippen MR) is 95.2 cm³/mol. The molecule has 2 aromatic rings. The molecule has 0 bridgehead atoms. The van der Waals surface area contributed by atoms with Gasteiger partial charge in [0.1, 0.15) is 5.75 Å². The van der Waals surface area contributed by atoms with Crippen molar-refractivity contribution < 1.29 is 9.53 Å². The number of nitrogens with one attached hydrogen (secondary N) is 2. The van der Waals surface area contributed by atoms with E-state index in [-0.39, 0.29) is 5.91 Å². The minimum Gasteiger partial charge on any atom is -0.497 e. The molecule has 132 valence electrons. The lowest BCUT2D eigenvalue weighted by Crippen LogP contribution is -2.61. The molecule has 2 N–H and O–H groups in total. The Morgan fingerprint density at radius 2 is 2.04 bits per heavy atom. The van der Waals surface area contributed by atoms with Gasteiger partial charge in [-0.1, -0.05) is 12.8 Å². The van der Waals surface area contributed by atoms with Crippen LogP contribution in [0.3, 0.4) is 0 Å². The SMILES string of the molecule is COc1ccc(-c2[nH]ncc2CN2CC(=O)N[C@H]3CCCC[C@H]32)cc1. The number of nitrogens with zero attached hydrogens (tertiary/aromatic N) is 2. The van der Waals surface area contributed by atoms with Gasteiger partial charge in [0.15, 0.2) is 0 Å². The molecule has 1 aromatic heterocycles. The Morgan fingerprint density at radius 1 is 1.24 bits per heavy atom. The Hall–Kier alpha value is -2.34. The Bertz CT molecular complexity index is 740.